The molecule has 1 saturated carbocycles. The van der Waals surface area contributed by atoms with E-state index in [1.54, 1.807) is 18.2 Å². The summed E-state index contributed by atoms with van der Waals surface area (Å²) >= 11 is 9.21. The first-order valence-electron chi connectivity index (χ1n) is 6.73. The van der Waals surface area contributed by atoms with Crippen molar-refractivity contribution >= 4 is 45.2 Å². The summed E-state index contributed by atoms with van der Waals surface area (Å²) in [5.74, 6) is -1.38. The van der Waals surface area contributed by atoms with E-state index in [2.05, 4.69) is 26.6 Å². The first kappa shape index (κ1) is 16.1. The third-order valence-electron chi connectivity index (χ3n) is 3.58. The fourth-order valence-corrected chi connectivity index (χ4v) is 3.04. The van der Waals surface area contributed by atoms with E-state index in [4.69, 9.17) is 11.6 Å². The second-order valence-electron chi connectivity index (χ2n) is 5.06. The number of carbonyl (C=O) groups is 2. The van der Waals surface area contributed by atoms with Crippen molar-refractivity contribution in [3.05, 3.63) is 27.7 Å². The maximum Gasteiger partial charge on any atom is 0.319 e. The maximum absolute atomic E-state index is 12.0. The molecule has 2 rings (SSSR count). The van der Waals surface area contributed by atoms with Crippen molar-refractivity contribution in [1.29, 1.82) is 0 Å². The molecule has 1 aliphatic carbocycles. The van der Waals surface area contributed by atoms with Crippen molar-refractivity contribution in [3.8, 4) is 0 Å². The molecule has 3 N–H and O–H groups in total. The molecule has 0 saturated heterocycles. The molecular weight excluding hydrogens is 360 g/mol. The first-order valence-corrected chi connectivity index (χ1v) is 7.90. The minimum atomic E-state index is -0.857. The van der Waals surface area contributed by atoms with Crippen molar-refractivity contribution in [2.24, 2.45) is 5.92 Å². The summed E-state index contributed by atoms with van der Waals surface area (Å²) in [7, 11) is 0. The summed E-state index contributed by atoms with van der Waals surface area (Å²) in [4.78, 5) is 23.2. The van der Waals surface area contributed by atoms with E-state index in [1.165, 1.54) is 0 Å². The van der Waals surface area contributed by atoms with Crippen LogP contribution in [0.15, 0.2) is 22.7 Å². The van der Waals surface area contributed by atoms with Gasteiger partial charge >= 0.3 is 12.0 Å². The van der Waals surface area contributed by atoms with Crippen LogP contribution in [0.5, 0.6) is 0 Å². The third kappa shape index (κ3) is 4.35. The van der Waals surface area contributed by atoms with Gasteiger partial charge in [-0.15, -0.1) is 0 Å². The first-order chi connectivity index (χ1) is 9.97. The second kappa shape index (κ2) is 7.13. The molecule has 2 atom stereocenters. The van der Waals surface area contributed by atoms with Crippen LogP contribution in [0.3, 0.4) is 0 Å². The fraction of sp³-hybridized carbons (Fsp3) is 0.429. The van der Waals surface area contributed by atoms with E-state index in [0.717, 1.165) is 12.8 Å². The second-order valence-corrected chi connectivity index (χ2v) is 6.35. The highest BCUT2D eigenvalue weighted by Crippen LogP contribution is 2.27. The molecule has 1 aromatic rings. The number of carboxylic acids is 1. The number of hydrogen-bond donors (Lipinski definition) is 3. The molecule has 0 spiro atoms. The standard InChI is InChI=1S/C14H16BrClN2O3/c15-10-6-5-8(16)7-12(10)18-14(21)17-11-4-2-1-3-9(11)13(19)20/h5-7,9,11H,1-4H2,(H,19,20)(H2,17,18,21). The van der Waals surface area contributed by atoms with E-state index in [1.807, 2.05) is 0 Å². The van der Waals surface area contributed by atoms with Crippen LogP contribution in [0.25, 0.3) is 0 Å². The highest BCUT2D eigenvalue weighted by molar-refractivity contribution is 9.10. The van der Waals surface area contributed by atoms with Gasteiger partial charge in [-0.05, 0) is 47.0 Å². The van der Waals surface area contributed by atoms with Crippen LogP contribution in [0.2, 0.25) is 5.02 Å². The van der Waals surface area contributed by atoms with E-state index in [-0.39, 0.29) is 6.04 Å². The molecule has 1 aliphatic rings. The minimum absolute atomic E-state index is 0.339. The molecule has 0 aliphatic heterocycles. The monoisotopic (exact) mass is 374 g/mol. The van der Waals surface area contributed by atoms with Crippen LogP contribution in [-0.2, 0) is 4.79 Å². The summed E-state index contributed by atoms with van der Waals surface area (Å²) in [6.07, 6.45) is 3.09. The normalized spacial score (nSPS) is 21.6. The number of halogens is 2. The smallest absolute Gasteiger partial charge is 0.319 e. The predicted octanol–water partition coefficient (Wildman–Crippen LogP) is 3.87. The van der Waals surface area contributed by atoms with Crippen molar-refractivity contribution < 1.29 is 14.7 Å². The lowest BCUT2D eigenvalue weighted by Gasteiger charge is -2.29. The Hall–Kier alpha value is -1.27. The van der Waals surface area contributed by atoms with Gasteiger partial charge in [0, 0.05) is 15.5 Å². The van der Waals surface area contributed by atoms with Crippen molar-refractivity contribution in [3.63, 3.8) is 0 Å². The molecular formula is C14H16BrClN2O3. The van der Waals surface area contributed by atoms with Gasteiger partial charge in [-0.3, -0.25) is 4.79 Å². The molecule has 0 heterocycles. The zero-order valence-electron chi connectivity index (χ0n) is 11.2. The Kier molecular flexibility index (Phi) is 5.47. The lowest BCUT2D eigenvalue weighted by Crippen LogP contribution is -2.46. The quantitative estimate of drug-likeness (QED) is 0.750. The molecule has 2 amide bonds. The van der Waals surface area contributed by atoms with Gasteiger partial charge in [-0.25, -0.2) is 4.79 Å². The topological polar surface area (TPSA) is 78.4 Å². The molecule has 0 bridgehead atoms. The molecule has 0 aromatic heterocycles. The number of urea groups is 1. The highest BCUT2D eigenvalue weighted by atomic mass is 79.9. The van der Waals surface area contributed by atoms with Crippen LogP contribution in [0, 0.1) is 5.92 Å². The van der Waals surface area contributed by atoms with Gasteiger partial charge in [-0.1, -0.05) is 24.4 Å². The number of amides is 2. The number of rotatable bonds is 3. The van der Waals surface area contributed by atoms with E-state index < -0.39 is 17.9 Å². The number of nitrogens with one attached hydrogen (secondary N) is 2. The Morgan fingerprint density at radius 2 is 2.00 bits per heavy atom. The maximum atomic E-state index is 12.0. The molecule has 1 fully saturated rings. The Morgan fingerprint density at radius 1 is 1.29 bits per heavy atom. The Bertz CT molecular complexity index is 553. The molecule has 1 aromatic carbocycles. The minimum Gasteiger partial charge on any atom is -0.481 e. The molecule has 0 radical (unpaired) electrons. The SMILES string of the molecule is O=C(Nc1cc(Cl)ccc1Br)NC1CCCCC1C(=O)O. The van der Waals surface area contributed by atoms with Gasteiger partial charge in [0.25, 0.3) is 0 Å². The van der Waals surface area contributed by atoms with Gasteiger partial charge in [0.1, 0.15) is 0 Å². The average molecular weight is 376 g/mol. The average Bonchev–Trinajstić information content (AvgIpc) is 2.43. The summed E-state index contributed by atoms with van der Waals surface area (Å²) in [6.45, 7) is 0. The Labute approximate surface area is 136 Å². The van der Waals surface area contributed by atoms with Crippen LogP contribution in [0.4, 0.5) is 10.5 Å². The van der Waals surface area contributed by atoms with Gasteiger partial charge in [-0.2, -0.15) is 0 Å². The van der Waals surface area contributed by atoms with Gasteiger partial charge in [0.05, 0.1) is 11.6 Å². The summed E-state index contributed by atoms with van der Waals surface area (Å²) in [5, 5.41) is 15.1. The zero-order valence-corrected chi connectivity index (χ0v) is 13.6. The number of carboxylic acid groups (broad SMARTS) is 1. The predicted molar refractivity (Wildman–Crippen MR) is 84.7 cm³/mol. The Balaban J connectivity index is 2.00. The lowest BCUT2D eigenvalue weighted by molar-refractivity contribution is -0.143. The summed E-state index contributed by atoms with van der Waals surface area (Å²) in [5.41, 5.74) is 0.544. The number of aliphatic carboxylic acids is 1. The molecule has 2 unspecified atom stereocenters. The highest BCUT2D eigenvalue weighted by Gasteiger charge is 2.31. The van der Waals surface area contributed by atoms with Crippen LogP contribution >= 0.6 is 27.5 Å². The van der Waals surface area contributed by atoms with Crippen LogP contribution < -0.4 is 10.6 Å². The van der Waals surface area contributed by atoms with Crippen LogP contribution in [0.1, 0.15) is 25.7 Å². The number of hydrogen-bond acceptors (Lipinski definition) is 2. The van der Waals surface area contributed by atoms with Crippen molar-refractivity contribution in [1.82, 2.24) is 5.32 Å². The summed E-state index contributed by atoms with van der Waals surface area (Å²) < 4.78 is 0.709. The lowest BCUT2D eigenvalue weighted by atomic mass is 9.84. The Morgan fingerprint density at radius 3 is 2.71 bits per heavy atom. The zero-order chi connectivity index (χ0) is 15.4. The van der Waals surface area contributed by atoms with Crippen molar-refractivity contribution in [2.75, 3.05) is 5.32 Å². The number of carbonyl (C=O) groups excluding carboxylic acids is 1. The van der Waals surface area contributed by atoms with Gasteiger partial charge < -0.3 is 15.7 Å². The molecule has 7 heteroatoms. The van der Waals surface area contributed by atoms with E-state index in [0.29, 0.717) is 28.0 Å². The number of benzene rings is 1. The third-order valence-corrected chi connectivity index (χ3v) is 4.50. The molecule has 5 nitrogen and oxygen atoms in total. The largest absolute Gasteiger partial charge is 0.481 e. The van der Waals surface area contributed by atoms with Gasteiger partial charge in [0.15, 0.2) is 0 Å². The van der Waals surface area contributed by atoms with E-state index >= 15 is 0 Å². The molecule has 114 valence electrons. The van der Waals surface area contributed by atoms with Crippen LogP contribution in [-0.4, -0.2) is 23.1 Å². The van der Waals surface area contributed by atoms with Gasteiger partial charge in [0.2, 0.25) is 0 Å². The number of anilines is 1. The van der Waals surface area contributed by atoms with Crippen molar-refractivity contribution in [2.45, 2.75) is 31.7 Å². The fourth-order valence-electron chi connectivity index (χ4n) is 2.52. The van der Waals surface area contributed by atoms with E-state index in [9.17, 15) is 14.7 Å². The summed E-state index contributed by atoms with van der Waals surface area (Å²) in [6, 6.07) is 4.31. The molecule has 21 heavy (non-hydrogen) atoms.